The van der Waals surface area contributed by atoms with Gasteiger partial charge in [0.15, 0.2) is 11.4 Å². The van der Waals surface area contributed by atoms with Crippen LogP contribution in [0.1, 0.15) is 41.6 Å². The second-order valence-electron chi connectivity index (χ2n) is 9.07. The lowest BCUT2D eigenvalue weighted by Gasteiger charge is -2.30. The fraction of sp³-hybridized carbons (Fsp3) is 0.375. The third kappa shape index (κ3) is 10.5. The van der Waals surface area contributed by atoms with Crippen LogP contribution < -0.4 is 15.4 Å². The number of carboxylic acid groups (broad SMARTS) is 2. The highest BCUT2D eigenvalue weighted by Gasteiger charge is 2.38. The normalized spacial score (nSPS) is 13.0. The number of ether oxygens (including phenoxy) is 1. The first-order valence-corrected chi connectivity index (χ1v) is 12.2. The van der Waals surface area contributed by atoms with E-state index in [-0.39, 0.29) is 40.1 Å². The molecule has 0 spiro atoms. The molecule has 1 atom stereocenters. The summed E-state index contributed by atoms with van der Waals surface area (Å²) in [5.74, 6) is -3.92. The zero-order valence-corrected chi connectivity index (χ0v) is 22.9. The van der Waals surface area contributed by atoms with Gasteiger partial charge in [0.2, 0.25) is 0 Å². The van der Waals surface area contributed by atoms with Crippen molar-refractivity contribution in [2.75, 3.05) is 6.54 Å². The molecule has 0 fully saturated rings. The summed E-state index contributed by atoms with van der Waals surface area (Å²) in [4.78, 5) is 41.2. The number of fused-ring (bicyclic) bond motifs is 1. The van der Waals surface area contributed by atoms with Crippen molar-refractivity contribution in [1.29, 1.82) is 0 Å². The minimum atomic E-state index is -5.08. The predicted molar refractivity (Wildman–Crippen MR) is 134 cm³/mol. The van der Waals surface area contributed by atoms with Gasteiger partial charge in [-0.15, -0.1) is 0 Å². The molecule has 0 bridgehead atoms. The molecule has 11 nitrogen and oxygen atoms in total. The van der Waals surface area contributed by atoms with E-state index in [0.717, 1.165) is 0 Å². The van der Waals surface area contributed by atoms with Crippen molar-refractivity contribution >= 4 is 35.2 Å². The van der Waals surface area contributed by atoms with Crippen LogP contribution in [0, 0.1) is 12.7 Å². The zero-order chi connectivity index (χ0) is 32.8. The monoisotopic (exact) mass is 645 g/mol. The van der Waals surface area contributed by atoms with Crippen molar-refractivity contribution in [3.8, 4) is 5.75 Å². The number of pyridine rings is 2. The molecule has 2 amide bonds. The molecule has 3 heterocycles. The SMILES string of the molecule is Cc1nc2c(OCc3ncccc3F)cc(Cl)cn2c1C(=O)NCC(C)(CCC(F)(F)F)NC(=O)O.O=C(O)C(F)(F)F. The quantitative estimate of drug-likeness (QED) is 0.233. The van der Waals surface area contributed by atoms with Gasteiger partial charge in [-0.25, -0.2) is 19.0 Å². The van der Waals surface area contributed by atoms with Crippen LogP contribution in [0.15, 0.2) is 30.6 Å². The second kappa shape index (κ2) is 13.7. The van der Waals surface area contributed by atoms with Crippen LogP contribution in [0.4, 0.5) is 35.5 Å². The number of rotatable bonds is 9. The Hall–Kier alpha value is -4.35. The number of halogens is 8. The van der Waals surface area contributed by atoms with Crippen LogP contribution in [-0.4, -0.2) is 67.0 Å². The highest BCUT2D eigenvalue weighted by atomic mass is 35.5. The summed E-state index contributed by atoms with van der Waals surface area (Å²) in [5, 5.41) is 20.8. The molecule has 0 saturated carbocycles. The van der Waals surface area contributed by atoms with E-state index in [2.05, 4.69) is 15.3 Å². The lowest BCUT2D eigenvalue weighted by molar-refractivity contribution is -0.192. The summed E-state index contributed by atoms with van der Waals surface area (Å²) in [6.45, 7) is 2.11. The van der Waals surface area contributed by atoms with Crippen molar-refractivity contribution in [3.63, 3.8) is 0 Å². The van der Waals surface area contributed by atoms with Crippen molar-refractivity contribution in [2.45, 2.75) is 51.2 Å². The summed E-state index contributed by atoms with van der Waals surface area (Å²) >= 11 is 6.18. The third-order valence-corrected chi connectivity index (χ3v) is 5.70. The van der Waals surface area contributed by atoms with E-state index >= 15 is 0 Å². The topological polar surface area (TPSA) is 155 Å². The van der Waals surface area contributed by atoms with Gasteiger partial charge in [0, 0.05) is 31.4 Å². The Labute approximate surface area is 242 Å². The number of carbonyl (C=O) groups is 3. The molecule has 43 heavy (non-hydrogen) atoms. The van der Waals surface area contributed by atoms with Crippen LogP contribution in [0.2, 0.25) is 5.02 Å². The number of carboxylic acids is 1. The van der Waals surface area contributed by atoms with Crippen molar-refractivity contribution < 1.29 is 60.1 Å². The Kier molecular flexibility index (Phi) is 11.1. The lowest BCUT2D eigenvalue weighted by Crippen LogP contribution is -2.53. The number of amides is 2. The Bertz CT molecular complexity index is 1480. The van der Waals surface area contributed by atoms with Gasteiger partial charge in [-0.3, -0.25) is 14.2 Å². The number of hydrogen-bond acceptors (Lipinski definition) is 6. The molecule has 0 aliphatic heterocycles. The van der Waals surface area contributed by atoms with E-state index in [1.165, 1.54) is 48.8 Å². The lowest BCUT2D eigenvalue weighted by atomic mass is 9.95. The molecule has 0 aromatic carbocycles. The molecule has 0 saturated heterocycles. The van der Waals surface area contributed by atoms with Gasteiger partial charge < -0.3 is 25.6 Å². The minimum absolute atomic E-state index is 0.00913. The molecule has 0 radical (unpaired) electrons. The number of alkyl halides is 6. The van der Waals surface area contributed by atoms with E-state index in [1.54, 1.807) is 0 Å². The van der Waals surface area contributed by atoms with Gasteiger partial charge in [0.1, 0.15) is 23.8 Å². The molecular formula is C24H23ClF7N5O6. The number of aliphatic carboxylic acids is 1. The van der Waals surface area contributed by atoms with E-state index in [1.807, 2.05) is 5.32 Å². The second-order valence-corrected chi connectivity index (χ2v) is 9.51. The summed E-state index contributed by atoms with van der Waals surface area (Å²) in [6.07, 6.45) is -10.2. The predicted octanol–water partition coefficient (Wildman–Crippen LogP) is 5.14. The average Bonchev–Trinajstić information content (AvgIpc) is 3.20. The Morgan fingerprint density at radius 3 is 2.28 bits per heavy atom. The van der Waals surface area contributed by atoms with Crippen molar-refractivity contribution in [3.05, 3.63) is 58.5 Å². The standard InChI is InChI=1S/C22H22ClF4N5O4.C2HF3O2/c1-12-17(19(33)29-11-21(2,31-20(34)35)5-6-22(25,26)27)32-9-13(23)8-16(18(32)30-12)36-10-15-14(24)4-3-7-28-15;3-2(4,5)1(6)7/h3-4,7-9,31H,5-6,10-11H2,1-2H3,(H,29,33)(H,34,35);(H,6,7). The first-order chi connectivity index (χ1) is 19.7. The molecule has 19 heteroatoms. The van der Waals surface area contributed by atoms with Crippen LogP contribution in [0.25, 0.3) is 5.65 Å². The van der Waals surface area contributed by atoms with E-state index in [9.17, 15) is 40.3 Å². The molecule has 4 N–H and O–H groups in total. The Balaban J connectivity index is 0.000000821. The van der Waals surface area contributed by atoms with Gasteiger partial charge in [-0.05, 0) is 32.4 Å². The molecule has 0 aliphatic rings. The van der Waals surface area contributed by atoms with Crippen molar-refractivity contribution in [1.82, 2.24) is 25.0 Å². The first-order valence-electron chi connectivity index (χ1n) is 11.8. The van der Waals surface area contributed by atoms with Crippen LogP contribution in [0.3, 0.4) is 0 Å². The Morgan fingerprint density at radius 1 is 1.12 bits per heavy atom. The molecule has 3 aromatic heterocycles. The fourth-order valence-corrected chi connectivity index (χ4v) is 3.67. The highest BCUT2D eigenvalue weighted by Crippen LogP contribution is 2.28. The average molecular weight is 646 g/mol. The van der Waals surface area contributed by atoms with Crippen molar-refractivity contribution in [2.24, 2.45) is 0 Å². The smallest absolute Gasteiger partial charge is 0.483 e. The number of nitrogens with one attached hydrogen (secondary N) is 2. The molecule has 1 unspecified atom stereocenters. The minimum Gasteiger partial charge on any atom is -0.483 e. The van der Waals surface area contributed by atoms with Gasteiger partial charge in [0.25, 0.3) is 5.91 Å². The van der Waals surface area contributed by atoms with Gasteiger partial charge >= 0.3 is 24.4 Å². The maximum absolute atomic E-state index is 13.9. The van der Waals surface area contributed by atoms with E-state index in [0.29, 0.717) is 0 Å². The molecule has 3 rings (SSSR count). The summed E-state index contributed by atoms with van der Waals surface area (Å²) in [5.41, 5.74) is -1.12. The summed E-state index contributed by atoms with van der Waals surface area (Å²) < 4.78 is 90.8. The first kappa shape index (κ1) is 34.8. The molecule has 3 aromatic rings. The fourth-order valence-electron chi connectivity index (χ4n) is 3.48. The molecule has 0 aliphatic carbocycles. The number of hydrogen-bond donors (Lipinski definition) is 4. The number of imidazole rings is 1. The zero-order valence-electron chi connectivity index (χ0n) is 22.1. The molecule has 236 valence electrons. The van der Waals surface area contributed by atoms with Crippen LogP contribution in [0.5, 0.6) is 5.75 Å². The number of aryl methyl sites for hydroxylation is 1. The number of nitrogens with zero attached hydrogens (tertiary/aromatic N) is 3. The van der Waals surface area contributed by atoms with Crippen LogP contribution in [-0.2, 0) is 11.4 Å². The van der Waals surface area contributed by atoms with Crippen LogP contribution >= 0.6 is 11.6 Å². The van der Waals surface area contributed by atoms with Gasteiger partial charge in [-0.2, -0.15) is 26.3 Å². The van der Waals surface area contributed by atoms with E-state index < -0.39 is 61.1 Å². The number of aromatic nitrogens is 3. The highest BCUT2D eigenvalue weighted by molar-refractivity contribution is 6.30. The largest absolute Gasteiger partial charge is 0.490 e. The number of carbonyl (C=O) groups excluding carboxylic acids is 1. The maximum atomic E-state index is 13.9. The summed E-state index contributed by atoms with van der Waals surface area (Å²) in [6, 6.07) is 4.08. The molecular weight excluding hydrogens is 623 g/mol. The summed E-state index contributed by atoms with van der Waals surface area (Å²) in [7, 11) is 0. The third-order valence-electron chi connectivity index (χ3n) is 5.49. The maximum Gasteiger partial charge on any atom is 0.490 e. The van der Waals surface area contributed by atoms with Gasteiger partial charge in [-0.1, -0.05) is 11.6 Å². The van der Waals surface area contributed by atoms with Gasteiger partial charge in [0.05, 0.1) is 16.3 Å². The van der Waals surface area contributed by atoms with E-state index in [4.69, 9.17) is 31.3 Å². The Morgan fingerprint density at radius 2 is 1.74 bits per heavy atom.